The lowest BCUT2D eigenvalue weighted by molar-refractivity contribution is -0.131. The lowest BCUT2D eigenvalue weighted by Crippen LogP contribution is -2.46. The molecule has 0 aliphatic carbocycles. The zero-order chi connectivity index (χ0) is 13.2. The molecule has 1 fully saturated rings. The minimum atomic E-state index is -0.115. The number of aryl methyl sites for hydroxylation is 1. The van der Waals surface area contributed by atoms with Gasteiger partial charge in [-0.3, -0.25) is 4.79 Å². The Balaban J connectivity index is 2.02. The van der Waals surface area contributed by atoms with Crippen molar-refractivity contribution in [2.45, 2.75) is 38.6 Å². The number of para-hydroxylation sites is 1. The Bertz CT molecular complexity index is 700. The van der Waals surface area contributed by atoms with Gasteiger partial charge in [0.2, 0.25) is 5.91 Å². The molecule has 3 nitrogen and oxygen atoms in total. The number of aromatic nitrogens is 1. The van der Waals surface area contributed by atoms with Gasteiger partial charge >= 0.3 is 0 Å². The van der Waals surface area contributed by atoms with E-state index in [2.05, 4.69) is 41.9 Å². The number of nitrogens with zero attached hydrogens (tertiary/aromatic N) is 1. The number of rotatable bonds is 0. The summed E-state index contributed by atoms with van der Waals surface area (Å²) in [7, 11) is 0. The Kier molecular flexibility index (Phi) is 1.99. The second-order valence-corrected chi connectivity index (χ2v) is 6.05. The van der Waals surface area contributed by atoms with Crippen molar-refractivity contribution in [3.63, 3.8) is 0 Å². The highest BCUT2D eigenvalue weighted by Crippen LogP contribution is 2.45. The Labute approximate surface area is 112 Å². The molecule has 0 radical (unpaired) electrons. The molecule has 1 aromatic heterocycles. The summed E-state index contributed by atoms with van der Waals surface area (Å²) in [4.78, 5) is 17.7. The van der Waals surface area contributed by atoms with E-state index in [1.807, 2.05) is 0 Å². The van der Waals surface area contributed by atoms with Crippen molar-refractivity contribution >= 4 is 16.8 Å². The summed E-state index contributed by atoms with van der Waals surface area (Å²) in [6, 6.07) is 6.47. The van der Waals surface area contributed by atoms with Gasteiger partial charge in [-0.1, -0.05) is 18.2 Å². The van der Waals surface area contributed by atoms with Gasteiger partial charge in [-0.15, -0.1) is 0 Å². The van der Waals surface area contributed by atoms with Crippen molar-refractivity contribution < 1.29 is 4.79 Å². The molecule has 1 N–H and O–H groups in total. The predicted octanol–water partition coefficient (Wildman–Crippen LogP) is 2.87. The molecule has 2 aliphatic heterocycles. The molecule has 0 saturated carbocycles. The minimum absolute atomic E-state index is 0.115. The molecule has 0 spiro atoms. The summed E-state index contributed by atoms with van der Waals surface area (Å²) < 4.78 is 0. The van der Waals surface area contributed by atoms with Crippen molar-refractivity contribution in [1.82, 2.24) is 9.88 Å². The molecular weight excluding hydrogens is 236 g/mol. The molecule has 0 bridgehead atoms. The molecule has 1 aromatic carbocycles. The largest absolute Gasteiger partial charge is 0.356 e. The van der Waals surface area contributed by atoms with Gasteiger partial charge in [-0.05, 0) is 37.8 Å². The highest BCUT2D eigenvalue weighted by molar-refractivity contribution is 5.89. The maximum atomic E-state index is 12.0. The third kappa shape index (κ3) is 1.25. The molecule has 0 unspecified atom stereocenters. The number of hydrogen-bond donors (Lipinski definition) is 1. The number of nitrogens with one attached hydrogen (secondary N) is 1. The normalized spacial score (nSPS) is 25.8. The number of H-pyrrole nitrogens is 1. The fourth-order valence-corrected chi connectivity index (χ4v) is 3.89. The molecular formula is C16H18N2O. The van der Waals surface area contributed by atoms with E-state index in [9.17, 15) is 4.79 Å². The zero-order valence-electron chi connectivity index (χ0n) is 11.4. The van der Waals surface area contributed by atoms with Crippen LogP contribution < -0.4 is 0 Å². The van der Waals surface area contributed by atoms with Crippen LogP contribution in [0.3, 0.4) is 0 Å². The van der Waals surface area contributed by atoms with Crippen molar-refractivity contribution in [1.29, 1.82) is 0 Å². The smallest absolute Gasteiger partial charge is 0.223 e. The van der Waals surface area contributed by atoms with Crippen LogP contribution in [-0.4, -0.2) is 22.3 Å². The van der Waals surface area contributed by atoms with E-state index < -0.39 is 0 Å². The van der Waals surface area contributed by atoms with Gasteiger partial charge in [-0.2, -0.15) is 0 Å². The van der Waals surface area contributed by atoms with E-state index in [1.165, 1.54) is 27.7 Å². The van der Waals surface area contributed by atoms with Crippen molar-refractivity contribution in [3.8, 4) is 0 Å². The topological polar surface area (TPSA) is 36.1 Å². The first kappa shape index (κ1) is 11.1. The van der Waals surface area contributed by atoms with Gasteiger partial charge < -0.3 is 9.88 Å². The molecule has 1 saturated heterocycles. The minimum Gasteiger partial charge on any atom is -0.356 e. The number of aromatic amines is 1. The number of benzene rings is 1. The maximum Gasteiger partial charge on any atom is 0.223 e. The van der Waals surface area contributed by atoms with Crippen LogP contribution in [0, 0.1) is 6.92 Å². The first-order chi connectivity index (χ1) is 9.11. The number of carbonyl (C=O) groups excluding carboxylic acids is 1. The van der Waals surface area contributed by atoms with Gasteiger partial charge in [0.05, 0.1) is 5.54 Å². The van der Waals surface area contributed by atoms with E-state index in [0.29, 0.717) is 12.3 Å². The molecule has 1 atom stereocenters. The lowest BCUT2D eigenvalue weighted by atomic mass is 9.86. The standard InChI is InChI=1S/C16H18N2O/c1-10-4-3-5-11-12-7-9-18-13(19)6-8-16(18,2)15(12)17-14(10)11/h3-5,17H,6-9H2,1-2H3/t16-/m1/s1. The molecule has 3 heteroatoms. The molecule has 2 aromatic rings. The number of carbonyl (C=O) groups is 1. The Morgan fingerprint density at radius 2 is 2.16 bits per heavy atom. The molecule has 98 valence electrons. The van der Waals surface area contributed by atoms with Crippen LogP contribution in [0.15, 0.2) is 18.2 Å². The van der Waals surface area contributed by atoms with Gasteiger partial charge in [0, 0.05) is 29.6 Å². The fourth-order valence-electron chi connectivity index (χ4n) is 3.89. The molecule has 4 rings (SSSR count). The lowest BCUT2D eigenvalue weighted by Gasteiger charge is -2.39. The molecule has 3 heterocycles. The second kappa shape index (κ2) is 3.41. The molecule has 2 aliphatic rings. The Morgan fingerprint density at radius 3 is 3.00 bits per heavy atom. The second-order valence-electron chi connectivity index (χ2n) is 6.05. The summed E-state index contributed by atoms with van der Waals surface area (Å²) in [6.45, 7) is 5.22. The quantitative estimate of drug-likeness (QED) is 0.771. The van der Waals surface area contributed by atoms with Crippen LogP contribution in [0.2, 0.25) is 0 Å². The summed E-state index contributed by atoms with van der Waals surface area (Å²) in [5, 5.41) is 1.34. The first-order valence-corrected chi connectivity index (χ1v) is 7.02. The van der Waals surface area contributed by atoms with Crippen LogP contribution in [0.25, 0.3) is 10.9 Å². The SMILES string of the molecule is Cc1cccc2c3c([nH]c12)[C@@]1(C)CCC(=O)N1CC3. The van der Waals surface area contributed by atoms with E-state index in [1.54, 1.807) is 0 Å². The summed E-state index contributed by atoms with van der Waals surface area (Å²) in [5.41, 5.74) is 5.11. The summed E-state index contributed by atoms with van der Waals surface area (Å²) in [6.07, 6.45) is 2.59. The molecule has 1 amide bonds. The fraction of sp³-hybridized carbons (Fsp3) is 0.438. The Morgan fingerprint density at radius 1 is 1.32 bits per heavy atom. The number of fused-ring (bicyclic) bond motifs is 5. The zero-order valence-corrected chi connectivity index (χ0v) is 11.4. The average molecular weight is 254 g/mol. The summed E-state index contributed by atoms with van der Waals surface area (Å²) >= 11 is 0. The third-order valence-electron chi connectivity index (χ3n) is 5.00. The van der Waals surface area contributed by atoms with E-state index in [4.69, 9.17) is 0 Å². The van der Waals surface area contributed by atoms with Crippen molar-refractivity contribution in [2.75, 3.05) is 6.54 Å². The van der Waals surface area contributed by atoms with Gasteiger partial charge in [0.15, 0.2) is 0 Å². The van der Waals surface area contributed by atoms with Crippen LogP contribution in [0.4, 0.5) is 0 Å². The van der Waals surface area contributed by atoms with E-state index >= 15 is 0 Å². The Hall–Kier alpha value is -1.77. The van der Waals surface area contributed by atoms with Gasteiger partial charge in [-0.25, -0.2) is 0 Å². The maximum absolute atomic E-state index is 12.0. The summed E-state index contributed by atoms with van der Waals surface area (Å²) in [5.74, 6) is 0.309. The van der Waals surface area contributed by atoms with Gasteiger partial charge in [0.1, 0.15) is 0 Å². The predicted molar refractivity (Wildman–Crippen MR) is 75.0 cm³/mol. The van der Waals surface area contributed by atoms with Crippen LogP contribution in [0.1, 0.15) is 36.6 Å². The van der Waals surface area contributed by atoms with Crippen molar-refractivity contribution in [3.05, 3.63) is 35.0 Å². The van der Waals surface area contributed by atoms with E-state index in [-0.39, 0.29) is 5.54 Å². The average Bonchev–Trinajstić information content (AvgIpc) is 2.91. The number of hydrogen-bond acceptors (Lipinski definition) is 1. The first-order valence-electron chi connectivity index (χ1n) is 7.02. The highest BCUT2D eigenvalue weighted by Gasteiger charge is 2.47. The van der Waals surface area contributed by atoms with Crippen LogP contribution in [0.5, 0.6) is 0 Å². The van der Waals surface area contributed by atoms with E-state index in [0.717, 1.165) is 19.4 Å². The number of amides is 1. The van der Waals surface area contributed by atoms with Crippen LogP contribution in [-0.2, 0) is 16.8 Å². The molecule has 19 heavy (non-hydrogen) atoms. The van der Waals surface area contributed by atoms with Gasteiger partial charge in [0.25, 0.3) is 0 Å². The van der Waals surface area contributed by atoms with Crippen LogP contribution >= 0.6 is 0 Å². The van der Waals surface area contributed by atoms with Crippen molar-refractivity contribution in [2.24, 2.45) is 0 Å². The monoisotopic (exact) mass is 254 g/mol. The third-order valence-corrected chi connectivity index (χ3v) is 5.00. The highest BCUT2D eigenvalue weighted by atomic mass is 16.2.